The number of benzene rings is 2. The SMILES string of the molecule is CCN(CC)S(=O)(=O)c1cc(NC(=O)CCc2ncc(-c3ccccc3)o2)ccc1Cl. The summed E-state index contributed by atoms with van der Waals surface area (Å²) in [5, 5.41) is 2.82. The number of carbonyl (C=O) groups is 1. The maximum absolute atomic E-state index is 12.8. The molecule has 1 aromatic heterocycles. The lowest BCUT2D eigenvalue weighted by Crippen LogP contribution is -2.30. The van der Waals surface area contributed by atoms with Crippen molar-refractivity contribution in [3.63, 3.8) is 0 Å². The van der Waals surface area contributed by atoms with E-state index >= 15 is 0 Å². The van der Waals surface area contributed by atoms with Crippen LogP contribution in [0, 0.1) is 0 Å². The van der Waals surface area contributed by atoms with Crippen LogP contribution in [0.1, 0.15) is 26.2 Å². The van der Waals surface area contributed by atoms with Gasteiger partial charge in [0.25, 0.3) is 0 Å². The van der Waals surface area contributed by atoms with Crippen molar-refractivity contribution < 1.29 is 17.6 Å². The molecule has 0 aliphatic heterocycles. The summed E-state index contributed by atoms with van der Waals surface area (Å²) in [4.78, 5) is 16.6. The van der Waals surface area contributed by atoms with E-state index in [9.17, 15) is 13.2 Å². The van der Waals surface area contributed by atoms with Crippen molar-refractivity contribution in [3.05, 3.63) is 65.6 Å². The van der Waals surface area contributed by atoms with Crippen LogP contribution in [0.2, 0.25) is 5.02 Å². The third-order valence-electron chi connectivity index (χ3n) is 4.72. The van der Waals surface area contributed by atoms with Gasteiger partial charge in [-0.1, -0.05) is 55.8 Å². The number of anilines is 1. The summed E-state index contributed by atoms with van der Waals surface area (Å²) >= 11 is 6.13. The first-order valence-corrected chi connectivity index (χ1v) is 11.8. The number of hydrogen-bond acceptors (Lipinski definition) is 5. The second kappa shape index (κ2) is 10.1. The number of oxazole rings is 1. The van der Waals surface area contributed by atoms with Crippen molar-refractivity contribution in [2.45, 2.75) is 31.6 Å². The number of halogens is 1. The van der Waals surface area contributed by atoms with E-state index in [-0.39, 0.29) is 22.2 Å². The molecule has 9 heteroatoms. The molecule has 1 amide bonds. The van der Waals surface area contributed by atoms with Crippen LogP contribution in [0.4, 0.5) is 5.69 Å². The Hall–Kier alpha value is -2.68. The van der Waals surface area contributed by atoms with Gasteiger partial charge in [-0.15, -0.1) is 0 Å². The van der Waals surface area contributed by atoms with Crippen molar-refractivity contribution >= 4 is 33.2 Å². The first-order valence-electron chi connectivity index (χ1n) is 9.94. The number of aromatic nitrogens is 1. The molecular weight excluding hydrogens is 438 g/mol. The van der Waals surface area contributed by atoms with E-state index in [2.05, 4.69) is 10.3 Å². The molecule has 1 heterocycles. The molecule has 0 aliphatic rings. The van der Waals surface area contributed by atoms with E-state index in [0.717, 1.165) is 5.56 Å². The quantitative estimate of drug-likeness (QED) is 0.502. The average Bonchev–Trinajstić information content (AvgIpc) is 3.24. The Morgan fingerprint density at radius 2 is 1.84 bits per heavy atom. The first kappa shape index (κ1) is 23.0. The molecule has 31 heavy (non-hydrogen) atoms. The van der Waals surface area contributed by atoms with Crippen LogP contribution < -0.4 is 5.32 Å². The lowest BCUT2D eigenvalue weighted by Gasteiger charge is -2.19. The summed E-state index contributed by atoms with van der Waals surface area (Å²) in [6.45, 7) is 4.17. The van der Waals surface area contributed by atoms with Crippen molar-refractivity contribution in [2.75, 3.05) is 18.4 Å². The van der Waals surface area contributed by atoms with Crippen molar-refractivity contribution in [1.29, 1.82) is 0 Å². The van der Waals surface area contributed by atoms with Gasteiger partial charge in [-0.3, -0.25) is 4.79 Å². The monoisotopic (exact) mass is 461 g/mol. The van der Waals surface area contributed by atoms with E-state index in [1.54, 1.807) is 26.1 Å². The summed E-state index contributed by atoms with van der Waals surface area (Å²) in [6.07, 6.45) is 2.08. The molecule has 164 valence electrons. The zero-order valence-electron chi connectivity index (χ0n) is 17.3. The molecule has 1 N–H and O–H groups in total. The molecule has 0 saturated carbocycles. The van der Waals surface area contributed by atoms with Crippen molar-refractivity contribution in [1.82, 2.24) is 9.29 Å². The molecule has 0 saturated heterocycles. The normalized spacial score (nSPS) is 11.6. The fourth-order valence-corrected chi connectivity index (χ4v) is 5.05. The number of sulfonamides is 1. The number of rotatable bonds is 9. The molecule has 0 radical (unpaired) electrons. The summed E-state index contributed by atoms with van der Waals surface area (Å²) < 4.78 is 32.6. The summed E-state index contributed by atoms with van der Waals surface area (Å²) in [6, 6.07) is 14.0. The van der Waals surface area contributed by atoms with Crippen LogP contribution in [0.3, 0.4) is 0 Å². The van der Waals surface area contributed by atoms with Gasteiger partial charge in [-0.2, -0.15) is 4.31 Å². The zero-order chi connectivity index (χ0) is 22.4. The number of hydrogen-bond donors (Lipinski definition) is 1. The van der Waals surface area contributed by atoms with Gasteiger partial charge in [0.15, 0.2) is 11.7 Å². The van der Waals surface area contributed by atoms with Gasteiger partial charge in [-0.05, 0) is 18.2 Å². The van der Waals surface area contributed by atoms with Gasteiger partial charge < -0.3 is 9.73 Å². The minimum Gasteiger partial charge on any atom is -0.441 e. The largest absolute Gasteiger partial charge is 0.441 e. The molecule has 2 aromatic carbocycles. The van der Waals surface area contributed by atoms with E-state index in [0.29, 0.717) is 36.8 Å². The minimum absolute atomic E-state index is 0.0316. The molecule has 0 unspecified atom stereocenters. The predicted molar refractivity (Wildman–Crippen MR) is 120 cm³/mol. The molecule has 0 atom stereocenters. The van der Waals surface area contributed by atoms with E-state index in [1.807, 2.05) is 30.3 Å². The van der Waals surface area contributed by atoms with Crippen LogP contribution in [-0.2, 0) is 21.2 Å². The fourth-order valence-electron chi connectivity index (χ4n) is 3.09. The second-order valence-electron chi connectivity index (χ2n) is 6.77. The Morgan fingerprint density at radius 1 is 1.13 bits per heavy atom. The minimum atomic E-state index is -3.74. The Labute approximate surface area is 187 Å². The van der Waals surface area contributed by atoms with Gasteiger partial charge in [0, 0.05) is 37.2 Å². The number of nitrogens with zero attached hydrogens (tertiary/aromatic N) is 2. The Kier molecular flexibility index (Phi) is 7.48. The maximum atomic E-state index is 12.8. The van der Waals surface area contributed by atoms with Crippen LogP contribution in [0.25, 0.3) is 11.3 Å². The highest BCUT2D eigenvalue weighted by atomic mass is 35.5. The summed E-state index contributed by atoms with van der Waals surface area (Å²) in [5.74, 6) is 0.808. The highest BCUT2D eigenvalue weighted by molar-refractivity contribution is 7.89. The lowest BCUT2D eigenvalue weighted by atomic mass is 10.2. The van der Waals surface area contributed by atoms with Crippen LogP contribution in [-0.4, -0.2) is 36.7 Å². The van der Waals surface area contributed by atoms with E-state index < -0.39 is 10.0 Å². The third kappa shape index (κ3) is 5.52. The van der Waals surface area contributed by atoms with Gasteiger partial charge in [0.1, 0.15) is 4.90 Å². The number of carbonyl (C=O) groups excluding carboxylic acids is 1. The zero-order valence-corrected chi connectivity index (χ0v) is 18.9. The van der Waals surface area contributed by atoms with Gasteiger partial charge in [-0.25, -0.2) is 13.4 Å². The highest BCUT2D eigenvalue weighted by Gasteiger charge is 2.25. The van der Waals surface area contributed by atoms with Crippen LogP contribution >= 0.6 is 11.6 Å². The molecular formula is C22H24ClN3O4S. The van der Waals surface area contributed by atoms with E-state index in [1.165, 1.54) is 16.4 Å². The standard InChI is InChI=1S/C22H24ClN3O4S/c1-3-26(4-2)31(28,29)20-14-17(10-11-18(20)23)25-21(27)12-13-22-24-15-19(30-22)16-8-6-5-7-9-16/h5-11,14-15H,3-4,12-13H2,1-2H3,(H,25,27). The first-order chi connectivity index (χ1) is 14.8. The molecule has 0 bridgehead atoms. The molecule has 3 aromatic rings. The second-order valence-corrected chi connectivity index (χ2v) is 9.08. The molecule has 7 nitrogen and oxygen atoms in total. The maximum Gasteiger partial charge on any atom is 0.244 e. The highest BCUT2D eigenvalue weighted by Crippen LogP contribution is 2.28. The number of aryl methyl sites for hydroxylation is 1. The predicted octanol–water partition coefficient (Wildman–Crippen LogP) is 4.60. The molecule has 0 spiro atoms. The number of amides is 1. The third-order valence-corrected chi connectivity index (χ3v) is 7.25. The van der Waals surface area contributed by atoms with Gasteiger partial charge >= 0.3 is 0 Å². The molecule has 3 rings (SSSR count). The van der Waals surface area contributed by atoms with Crippen molar-refractivity contribution in [2.24, 2.45) is 0 Å². The Morgan fingerprint density at radius 3 is 2.52 bits per heavy atom. The van der Waals surface area contributed by atoms with Crippen molar-refractivity contribution in [3.8, 4) is 11.3 Å². The molecule has 0 aliphatic carbocycles. The molecule has 0 fully saturated rings. The van der Waals surface area contributed by atoms with Crippen LogP contribution in [0.5, 0.6) is 0 Å². The lowest BCUT2D eigenvalue weighted by molar-refractivity contribution is -0.116. The average molecular weight is 462 g/mol. The van der Waals surface area contributed by atoms with E-state index in [4.69, 9.17) is 16.0 Å². The Bertz CT molecular complexity index is 1140. The Balaban J connectivity index is 1.66. The van der Waals surface area contributed by atoms with Gasteiger partial charge in [0.05, 0.1) is 11.2 Å². The summed E-state index contributed by atoms with van der Waals surface area (Å²) in [7, 11) is -3.74. The van der Waals surface area contributed by atoms with Gasteiger partial charge in [0.2, 0.25) is 15.9 Å². The van der Waals surface area contributed by atoms with Crippen LogP contribution in [0.15, 0.2) is 64.0 Å². The number of nitrogens with one attached hydrogen (secondary N) is 1. The fraction of sp³-hybridized carbons (Fsp3) is 0.273. The smallest absolute Gasteiger partial charge is 0.244 e. The topological polar surface area (TPSA) is 92.5 Å². The summed E-state index contributed by atoms with van der Waals surface area (Å²) in [5.41, 5.74) is 1.27.